The molecule has 0 fully saturated rings. The van der Waals surface area contributed by atoms with Crippen LogP contribution in [0.4, 0.5) is 5.69 Å². The summed E-state index contributed by atoms with van der Waals surface area (Å²) in [7, 11) is -3.68. The summed E-state index contributed by atoms with van der Waals surface area (Å²) in [5.41, 5.74) is 0.444. The van der Waals surface area contributed by atoms with Gasteiger partial charge in [0.2, 0.25) is 0 Å². The first-order valence-corrected chi connectivity index (χ1v) is 9.90. The molecule has 0 aliphatic rings. The largest absolute Gasteiger partial charge is 0.457 e. The zero-order valence-corrected chi connectivity index (χ0v) is 16.0. The van der Waals surface area contributed by atoms with E-state index in [9.17, 15) is 8.42 Å². The van der Waals surface area contributed by atoms with Crippen LogP contribution in [0.1, 0.15) is 0 Å². The third-order valence-corrected chi connectivity index (χ3v) is 5.46. The van der Waals surface area contributed by atoms with Crippen LogP contribution in [0.3, 0.4) is 0 Å². The lowest BCUT2D eigenvalue weighted by Gasteiger charge is -2.10. The number of anilines is 1. The summed E-state index contributed by atoms with van der Waals surface area (Å²) in [5.74, 6) is 1.21. The molecule has 25 heavy (non-hydrogen) atoms. The first kappa shape index (κ1) is 17.8. The minimum absolute atomic E-state index is 0.144. The van der Waals surface area contributed by atoms with Crippen molar-refractivity contribution in [3.8, 4) is 11.5 Å². The van der Waals surface area contributed by atoms with Crippen LogP contribution >= 0.6 is 27.5 Å². The Kier molecular flexibility index (Phi) is 5.32. The number of rotatable bonds is 5. The maximum absolute atomic E-state index is 12.4. The van der Waals surface area contributed by atoms with Gasteiger partial charge in [0.25, 0.3) is 10.0 Å². The van der Waals surface area contributed by atoms with Crippen LogP contribution in [-0.4, -0.2) is 8.42 Å². The van der Waals surface area contributed by atoms with E-state index < -0.39 is 10.0 Å². The van der Waals surface area contributed by atoms with Crippen LogP contribution in [-0.2, 0) is 10.0 Å². The third-order valence-electron chi connectivity index (χ3n) is 3.28. The molecule has 0 bridgehead atoms. The second-order valence-corrected chi connectivity index (χ2v) is 8.17. The molecular formula is C18H13BrClNO3S. The molecule has 0 aliphatic heterocycles. The topological polar surface area (TPSA) is 55.4 Å². The van der Waals surface area contributed by atoms with Crippen molar-refractivity contribution >= 4 is 43.2 Å². The summed E-state index contributed by atoms with van der Waals surface area (Å²) in [6.45, 7) is 0. The average Bonchev–Trinajstić information content (AvgIpc) is 2.59. The fourth-order valence-corrected chi connectivity index (χ4v) is 3.51. The molecule has 0 saturated heterocycles. The lowest BCUT2D eigenvalue weighted by atomic mass is 10.3. The van der Waals surface area contributed by atoms with Gasteiger partial charge >= 0.3 is 0 Å². The minimum atomic E-state index is -3.68. The Morgan fingerprint density at radius 2 is 1.32 bits per heavy atom. The fourth-order valence-electron chi connectivity index (χ4n) is 2.06. The smallest absolute Gasteiger partial charge is 0.261 e. The van der Waals surface area contributed by atoms with Crippen LogP contribution in [0.5, 0.6) is 11.5 Å². The summed E-state index contributed by atoms with van der Waals surface area (Å²) in [5, 5.41) is 0.539. The first-order chi connectivity index (χ1) is 11.9. The molecule has 0 amide bonds. The van der Waals surface area contributed by atoms with Gasteiger partial charge in [0.15, 0.2) is 0 Å². The quantitative estimate of drug-likeness (QED) is 0.556. The molecule has 3 aromatic carbocycles. The van der Waals surface area contributed by atoms with E-state index in [2.05, 4.69) is 20.7 Å². The van der Waals surface area contributed by atoms with E-state index in [0.717, 1.165) is 4.47 Å². The van der Waals surface area contributed by atoms with Gasteiger partial charge in [-0.05, 0) is 72.8 Å². The Bertz CT molecular complexity index is 957. The molecule has 0 saturated carbocycles. The average molecular weight is 439 g/mol. The van der Waals surface area contributed by atoms with Crippen LogP contribution in [0.15, 0.2) is 82.2 Å². The highest BCUT2D eigenvalue weighted by Crippen LogP contribution is 2.25. The zero-order chi connectivity index (χ0) is 17.9. The Morgan fingerprint density at radius 3 is 1.88 bits per heavy atom. The van der Waals surface area contributed by atoms with Crippen molar-refractivity contribution in [2.75, 3.05) is 4.72 Å². The van der Waals surface area contributed by atoms with Gasteiger partial charge in [-0.15, -0.1) is 0 Å². The molecule has 0 radical (unpaired) electrons. The Balaban J connectivity index is 1.74. The van der Waals surface area contributed by atoms with Gasteiger partial charge in [0, 0.05) is 15.2 Å². The van der Waals surface area contributed by atoms with Crippen molar-refractivity contribution in [1.29, 1.82) is 0 Å². The molecule has 7 heteroatoms. The molecule has 0 heterocycles. The van der Waals surface area contributed by atoms with Crippen molar-refractivity contribution < 1.29 is 13.2 Å². The Labute approximate surface area is 159 Å². The highest BCUT2D eigenvalue weighted by atomic mass is 79.9. The standard InChI is InChI=1S/C18H13BrClNO3S/c19-13-1-7-16(8-2-13)24-17-9-11-18(12-10-17)25(22,23)21-15-5-3-14(20)4-6-15/h1-12,21H. The van der Waals surface area contributed by atoms with Crippen LogP contribution in [0.25, 0.3) is 0 Å². The van der Waals surface area contributed by atoms with Crippen molar-refractivity contribution in [2.45, 2.75) is 4.90 Å². The molecular weight excluding hydrogens is 426 g/mol. The molecule has 0 spiro atoms. The summed E-state index contributed by atoms with van der Waals surface area (Å²) < 4.78 is 33.9. The van der Waals surface area contributed by atoms with E-state index in [4.69, 9.17) is 16.3 Å². The molecule has 0 unspecified atom stereocenters. The van der Waals surface area contributed by atoms with Gasteiger partial charge in [-0.3, -0.25) is 4.72 Å². The number of ether oxygens (including phenoxy) is 1. The summed E-state index contributed by atoms with van der Waals surface area (Å²) >= 11 is 9.16. The summed E-state index contributed by atoms with van der Waals surface area (Å²) in [6, 6.07) is 20.0. The van der Waals surface area contributed by atoms with Crippen molar-refractivity contribution in [3.05, 3.63) is 82.3 Å². The monoisotopic (exact) mass is 437 g/mol. The highest BCUT2D eigenvalue weighted by molar-refractivity contribution is 9.10. The van der Waals surface area contributed by atoms with Gasteiger partial charge in [-0.2, -0.15) is 0 Å². The van der Waals surface area contributed by atoms with E-state index >= 15 is 0 Å². The Morgan fingerprint density at radius 1 is 0.800 bits per heavy atom. The van der Waals surface area contributed by atoms with Gasteiger partial charge in [-0.1, -0.05) is 27.5 Å². The molecule has 0 atom stereocenters. The molecule has 3 rings (SSSR count). The molecule has 3 aromatic rings. The Hall–Kier alpha value is -2.02. The van der Waals surface area contributed by atoms with E-state index in [1.54, 1.807) is 36.4 Å². The van der Waals surface area contributed by atoms with E-state index in [0.29, 0.717) is 22.2 Å². The van der Waals surface area contributed by atoms with Crippen LogP contribution < -0.4 is 9.46 Å². The van der Waals surface area contributed by atoms with Crippen molar-refractivity contribution in [3.63, 3.8) is 0 Å². The van der Waals surface area contributed by atoms with E-state index in [-0.39, 0.29) is 4.90 Å². The van der Waals surface area contributed by atoms with Crippen molar-refractivity contribution in [1.82, 2.24) is 0 Å². The van der Waals surface area contributed by atoms with Gasteiger partial charge in [0.05, 0.1) is 4.90 Å². The predicted octanol–water partition coefficient (Wildman–Crippen LogP) is 5.70. The molecule has 4 nitrogen and oxygen atoms in total. The number of halogens is 2. The maximum atomic E-state index is 12.4. The molecule has 0 aliphatic carbocycles. The number of nitrogens with one attached hydrogen (secondary N) is 1. The second-order valence-electron chi connectivity index (χ2n) is 5.14. The number of hydrogen-bond donors (Lipinski definition) is 1. The fraction of sp³-hybridized carbons (Fsp3) is 0. The number of sulfonamides is 1. The van der Waals surface area contributed by atoms with E-state index in [1.165, 1.54) is 12.1 Å². The van der Waals surface area contributed by atoms with Crippen LogP contribution in [0, 0.1) is 0 Å². The van der Waals surface area contributed by atoms with Gasteiger partial charge in [-0.25, -0.2) is 8.42 Å². The molecule has 1 N–H and O–H groups in total. The highest BCUT2D eigenvalue weighted by Gasteiger charge is 2.14. The number of benzene rings is 3. The summed E-state index contributed by atoms with van der Waals surface area (Å²) in [4.78, 5) is 0.144. The summed E-state index contributed by atoms with van der Waals surface area (Å²) in [6.07, 6.45) is 0. The molecule has 0 aromatic heterocycles. The third kappa shape index (κ3) is 4.75. The second kappa shape index (κ2) is 7.47. The lowest BCUT2D eigenvalue weighted by molar-refractivity contribution is 0.482. The van der Waals surface area contributed by atoms with Crippen molar-refractivity contribution in [2.24, 2.45) is 0 Å². The maximum Gasteiger partial charge on any atom is 0.261 e. The predicted molar refractivity (Wildman–Crippen MR) is 103 cm³/mol. The number of hydrogen-bond acceptors (Lipinski definition) is 3. The zero-order valence-electron chi connectivity index (χ0n) is 12.8. The lowest BCUT2D eigenvalue weighted by Crippen LogP contribution is -2.12. The van der Waals surface area contributed by atoms with Gasteiger partial charge in [0.1, 0.15) is 11.5 Å². The van der Waals surface area contributed by atoms with Crippen LogP contribution in [0.2, 0.25) is 5.02 Å². The minimum Gasteiger partial charge on any atom is -0.457 e. The normalized spacial score (nSPS) is 11.1. The first-order valence-electron chi connectivity index (χ1n) is 7.24. The SMILES string of the molecule is O=S(=O)(Nc1ccc(Cl)cc1)c1ccc(Oc2ccc(Br)cc2)cc1. The van der Waals surface area contributed by atoms with Gasteiger partial charge < -0.3 is 4.74 Å². The molecule has 128 valence electrons. The van der Waals surface area contributed by atoms with E-state index in [1.807, 2.05) is 24.3 Å².